The summed E-state index contributed by atoms with van der Waals surface area (Å²) in [4.78, 5) is 28.2. The molecule has 3 aromatic rings. The highest BCUT2D eigenvalue weighted by Gasteiger charge is 2.41. The molecule has 31 heavy (non-hydrogen) atoms. The average Bonchev–Trinajstić information content (AvgIpc) is 3.03. The second-order valence-corrected chi connectivity index (χ2v) is 7.09. The zero-order chi connectivity index (χ0) is 22.0. The Kier molecular flexibility index (Phi) is 5.45. The van der Waals surface area contributed by atoms with Gasteiger partial charge in [0.05, 0.1) is 25.5 Å². The largest absolute Gasteiger partial charge is 0.497 e. The lowest BCUT2D eigenvalue weighted by molar-refractivity contribution is -0.120. The monoisotopic (exact) mass is 414 g/mol. The van der Waals surface area contributed by atoms with Crippen molar-refractivity contribution in [2.24, 2.45) is 0 Å². The first-order chi connectivity index (χ1) is 15.0. The molecule has 156 valence electrons. The molecular weight excluding hydrogens is 392 g/mol. The molecule has 0 atom stereocenters. The number of carbonyl (C=O) groups excluding carboxylic acids is 2. The van der Waals surface area contributed by atoms with Gasteiger partial charge in [-0.1, -0.05) is 42.5 Å². The first-order valence-electron chi connectivity index (χ1n) is 9.77. The van der Waals surface area contributed by atoms with E-state index in [0.29, 0.717) is 28.3 Å². The summed E-state index contributed by atoms with van der Waals surface area (Å²) in [6, 6.07) is 21.8. The van der Waals surface area contributed by atoms with Gasteiger partial charge < -0.3 is 14.8 Å². The zero-order valence-corrected chi connectivity index (χ0v) is 17.5. The fourth-order valence-corrected chi connectivity index (χ4v) is 3.57. The van der Waals surface area contributed by atoms with Gasteiger partial charge in [-0.05, 0) is 42.3 Å². The number of imide groups is 1. The minimum absolute atomic E-state index is 0.222. The molecule has 0 spiro atoms. The van der Waals surface area contributed by atoms with Crippen molar-refractivity contribution >= 4 is 28.8 Å². The van der Waals surface area contributed by atoms with Gasteiger partial charge in [0.1, 0.15) is 17.2 Å². The molecule has 2 amide bonds. The molecule has 0 saturated carbocycles. The highest BCUT2D eigenvalue weighted by atomic mass is 16.5. The molecule has 0 unspecified atom stereocenters. The van der Waals surface area contributed by atoms with Crippen LogP contribution in [0.15, 0.2) is 78.5 Å². The maximum absolute atomic E-state index is 13.5. The van der Waals surface area contributed by atoms with Gasteiger partial charge in [-0.3, -0.25) is 9.59 Å². The Labute approximate surface area is 180 Å². The van der Waals surface area contributed by atoms with Crippen LogP contribution in [0.1, 0.15) is 11.1 Å². The first kappa shape index (κ1) is 20.2. The highest BCUT2D eigenvalue weighted by Crippen LogP contribution is 2.39. The molecule has 0 bridgehead atoms. The van der Waals surface area contributed by atoms with Crippen molar-refractivity contribution in [3.05, 3.63) is 89.6 Å². The number of amides is 2. The molecule has 1 heterocycles. The van der Waals surface area contributed by atoms with Crippen molar-refractivity contribution in [1.82, 2.24) is 0 Å². The van der Waals surface area contributed by atoms with Gasteiger partial charge in [0, 0.05) is 11.8 Å². The van der Waals surface area contributed by atoms with Crippen LogP contribution in [0.5, 0.6) is 11.5 Å². The Balaban J connectivity index is 1.83. The smallest absolute Gasteiger partial charge is 0.282 e. The number of anilines is 2. The van der Waals surface area contributed by atoms with Crippen molar-refractivity contribution in [3.63, 3.8) is 0 Å². The molecular formula is C25H22N2O4. The summed E-state index contributed by atoms with van der Waals surface area (Å²) in [5.74, 6) is 0.0583. The third kappa shape index (κ3) is 3.75. The van der Waals surface area contributed by atoms with E-state index < -0.39 is 11.8 Å². The van der Waals surface area contributed by atoms with Gasteiger partial charge in [-0.25, -0.2) is 4.90 Å². The molecule has 0 radical (unpaired) electrons. The predicted molar refractivity (Wildman–Crippen MR) is 120 cm³/mol. The highest BCUT2D eigenvalue weighted by molar-refractivity contribution is 6.46. The summed E-state index contributed by atoms with van der Waals surface area (Å²) in [6.07, 6.45) is 0. The van der Waals surface area contributed by atoms with Crippen LogP contribution in [0.3, 0.4) is 0 Å². The first-order valence-corrected chi connectivity index (χ1v) is 9.77. The number of nitrogens with one attached hydrogen (secondary N) is 1. The van der Waals surface area contributed by atoms with Crippen LogP contribution in [0.25, 0.3) is 5.57 Å². The number of nitrogens with zero attached hydrogens (tertiary/aromatic N) is 1. The van der Waals surface area contributed by atoms with Crippen LogP contribution in [0, 0.1) is 6.92 Å². The number of rotatable bonds is 6. The van der Waals surface area contributed by atoms with E-state index in [1.807, 2.05) is 61.5 Å². The molecule has 6 heteroatoms. The quantitative estimate of drug-likeness (QED) is 0.605. The van der Waals surface area contributed by atoms with E-state index in [9.17, 15) is 9.59 Å². The van der Waals surface area contributed by atoms with Crippen molar-refractivity contribution in [3.8, 4) is 11.5 Å². The summed E-state index contributed by atoms with van der Waals surface area (Å²) >= 11 is 0. The van der Waals surface area contributed by atoms with Crippen molar-refractivity contribution in [2.75, 3.05) is 24.4 Å². The molecule has 3 aromatic carbocycles. The van der Waals surface area contributed by atoms with Crippen LogP contribution in [-0.2, 0) is 9.59 Å². The number of benzene rings is 3. The molecule has 1 N–H and O–H groups in total. The minimum Gasteiger partial charge on any atom is -0.497 e. The average molecular weight is 414 g/mol. The number of hydrogen-bond donors (Lipinski definition) is 1. The lowest BCUT2D eigenvalue weighted by Crippen LogP contribution is -2.32. The Bertz CT molecular complexity index is 1190. The van der Waals surface area contributed by atoms with E-state index in [0.717, 1.165) is 16.2 Å². The second-order valence-electron chi connectivity index (χ2n) is 7.09. The van der Waals surface area contributed by atoms with Crippen LogP contribution in [0.2, 0.25) is 0 Å². The SMILES string of the molecule is COc1ccc(N2C(=O)C(Nc3cccc(C)c3)=C(c3ccccc3)C2=O)c(OC)c1. The van der Waals surface area contributed by atoms with E-state index in [1.165, 1.54) is 7.11 Å². The lowest BCUT2D eigenvalue weighted by Gasteiger charge is -2.19. The fraction of sp³-hybridized carbons (Fsp3) is 0.120. The van der Waals surface area contributed by atoms with E-state index in [-0.39, 0.29) is 5.70 Å². The fourth-order valence-electron chi connectivity index (χ4n) is 3.57. The van der Waals surface area contributed by atoms with E-state index in [1.54, 1.807) is 25.3 Å². The van der Waals surface area contributed by atoms with Crippen LogP contribution < -0.4 is 19.7 Å². The third-order valence-electron chi connectivity index (χ3n) is 5.06. The Morgan fingerprint density at radius 2 is 1.58 bits per heavy atom. The molecule has 0 fully saturated rings. The van der Waals surface area contributed by atoms with Crippen LogP contribution >= 0.6 is 0 Å². The molecule has 6 nitrogen and oxygen atoms in total. The standard InChI is InChI=1S/C25H22N2O4/c1-16-8-7-11-18(14-16)26-23-22(17-9-5-4-6-10-17)24(28)27(25(23)29)20-13-12-19(30-2)15-21(20)31-3/h4-15,26H,1-3H3. The van der Waals surface area contributed by atoms with Gasteiger partial charge >= 0.3 is 0 Å². The molecule has 0 aromatic heterocycles. The maximum Gasteiger partial charge on any atom is 0.282 e. The van der Waals surface area contributed by atoms with E-state index in [2.05, 4.69) is 5.32 Å². The van der Waals surface area contributed by atoms with Gasteiger partial charge in [-0.2, -0.15) is 0 Å². The number of carbonyl (C=O) groups is 2. The summed E-state index contributed by atoms with van der Waals surface area (Å²) < 4.78 is 10.7. The predicted octanol–water partition coefficient (Wildman–Crippen LogP) is 4.41. The number of methoxy groups -OCH3 is 2. The number of ether oxygens (including phenoxy) is 2. The van der Waals surface area contributed by atoms with E-state index >= 15 is 0 Å². The number of hydrogen-bond acceptors (Lipinski definition) is 5. The Hall–Kier alpha value is -4.06. The van der Waals surface area contributed by atoms with Crippen LogP contribution in [0.4, 0.5) is 11.4 Å². The molecule has 4 rings (SSSR count). The topological polar surface area (TPSA) is 67.9 Å². The summed E-state index contributed by atoms with van der Waals surface area (Å²) in [5, 5.41) is 3.17. The van der Waals surface area contributed by atoms with Gasteiger partial charge in [0.25, 0.3) is 11.8 Å². The molecule has 1 aliphatic rings. The van der Waals surface area contributed by atoms with Gasteiger partial charge in [-0.15, -0.1) is 0 Å². The summed E-state index contributed by atoms with van der Waals surface area (Å²) in [7, 11) is 3.03. The van der Waals surface area contributed by atoms with Crippen LogP contribution in [-0.4, -0.2) is 26.0 Å². The van der Waals surface area contributed by atoms with Crippen molar-refractivity contribution in [1.29, 1.82) is 0 Å². The minimum atomic E-state index is -0.450. The Morgan fingerprint density at radius 3 is 2.26 bits per heavy atom. The van der Waals surface area contributed by atoms with Gasteiger partial charge in [0.15, 0.2) is 0 Å². The van der Waals surface area contributed by atoms with E-state index in [4.69, 9.17) is 9.47 Å². The zero-order valence-electron chi connectivity index (χ0n) is 17.5. The Morgan fingerprint density at radius 1 is 0.806 bits per heavy atom. The van der Waals surface area contributed by atoms with Gasteiger partial charge in [0.2, 0.25) is 0 Å². The normalized spacial score (nSPS) is 13.6. The maximum atomic E-state index is 13.5. The van der Waals surface area contributed by atoms with Crippen molar-refractivity contribution in [2.45, 2.75) is 6.92 Å². The third-order valence-corrected chi connectivity index (χ3v) is 5.06. The molecule has 1 aliphatic heterocycles. The second kappa shape index (κ2) is 8.36. The summed E-state index contributed by atoms with van der Waals surface area (Å²) in [5.41, 5.74) is 3.31. The van der Waals surface area contributed by atoms with Crippen molar-refractivity contribution < 1.29 is 19.1 Å². The molecule has 0 aliphatic carbocycles. The lowest BCUT2D eigenvalue weighted by atomic mass is 10.0. The number of aryl methyl sites for hydroxylation is 1. The molecule has 0 saturated heterocycles. The summed E-state index contributed by atoms with van der Waals surface area (Å²) in [6.45, 7) is 1.97.